The van der Waals surface area contributed by atoms with E-state index in [4.69, 9.17) is 0 Å². The lowest BCUT2D eigenvalue weighted by molar-refractivity contribution is 0.768. The molecule has 3 heteroatoms. The molecule has 15 rings (SSSR count). The van der Waals surface area contributed by atoms with E-state index in [2.05, 4.69) is 295 Å². The van der Waals surface area contributed by atoms with Crippen molar-refractivity contribution >= 4 is 45.8 Å². The zero-order chi connectivity index (χ0) is 54.6. The SMILES string of the molecule is N=C(/C(=C1\NC(c2ccccc2)=Cc2ccc(N(c3ccc4c(c3)C(c3ccccc3)(c3ccccc3)c3ccccc3-4)c3cccc4c3-c3ccccc3C4(c3ccccc3)c3ccccc3)cc21)c1ccccc1)c1ccccc1. The molecule has 1 aliphatic heterocycles. The highest BCUT2D eigenvalue weighted by Crippen LogP contribution is 2.61. The molecule has 3 nitrogen and oxygen atoms in total. The quantitative estimate of drug-likeness (QED) is 0.127. The average Bonchev–Trinajstić information content (AvgIpc) is 2.31. The Morgan fingerprint density at radius 1 is 0.341 bits per heavy atom. The van der Waals surface area contributed by atoms with Crippen molar-refractivity contribution in [3.05, 3.63) is 388 Å². The number of hydrogen-bond acceptors (Lipinski definition) is 3. The Morgan fingerprint density at radius 3 is 1.37 bits per heavy atom. The zero-order valence-electron chi connectivity index (χ0n) is 45.0. The molecule has 2 N–H and O–H groups in total. The second-order valence-electron chi connectivity index (χ2n) is 21.5. The summed E-state index contributed by atoms with van der Waals surface area (Å²) in [7, 11) is 0. The maximum absolute atomic E-state index is 10.2. The number of nitrogens with zero attached hydrogens (tertiary/aromatic N) is 1. The summed E-state index contributed by atoms with van der Waals surface area (Å²) >= 11 is 0. The summed E-state index contributed by atoms with van der Waals surface area (Å²) in [6, 6.07) is 115. The highest BCUT2D eigenvalue weighted by Gasteiger charge is 2.49. The van der Waals surface area contributed by atoms with Gasteiger partial charge in [0.15, 0.2) is 0 Å². The lowest BCUT2D eigenvalue weighted by Crippen LogP contribution is -2.29. The standard InChI is InChI=1S/C79H55N3/c80-76(56-31-12-3-13-32-56)74(55-29-10-2-11-30-55)77-67-52-62(48-47-57(67)51-72(81-77)54-27-8-1-9-28-54)82(63-49-50-65-64-41-22-24-43-68(64)79(71(65)53-63,60-37-18-6-19-38-60)61-39-20-7-21-40-61)73-46-26-45-70-75(73)66-42-23-25-44-69(66)78(70,58-33-14-4-15-34-58)59-35-16-5-17-36-59/h1-53,80-81H/b77-74-,80-76?. The Kier molecular flexibility index (Phi) is 11.8. The minimum Gasteiger partial charge on any atom is -0.354 e. The fourth-order valence-corrected chi connectivity index (χ4v) is 13.8. The molecular weight excluding hydrogens is 991 g/mol. The third-order valence-corrected chi connectivity index (χ3v) is 17.2. The third-order valence-electron chi connectivity index (χ3n) is 17.2. The molecule has 0 saturated carbocycles. The molecule has 0 bridgehead atoms. The van der Waals surface area contributed by atoms with Gasteiger partial charge in [-0.15, -0.1) is 0 Å². The molecule has 2 aliphatic carbocycles. The van der Waals surface area contributed by atoms with Crippen LogP contribution < -0.4 is 10.2 Å². The number of benzene rings is 12. The largest absolute Gasteiger partial charge is 0.354 e. The molecule has 0 atom stereocenters. The first kappa shape index (κ1) is 48.5. The van der Waals surface area contributed by atoms with Gasteiger partial charge in [0.05, 0.1) is 27.9 Å². The van der Waals surface area contributed by atoms with Gasteiger partial charge in [0.2, 0.25) is 0 Å². The van der Waals surface area contributed by atoms with Crippen LogP contribution in [0.4, 0.5) is 17.1 Å². The van der Waals surface area contributed by atoms with E-state index in [1.807, 2.05) is 36.4 Å². The van der Waals surface area contributed by atoms with Gasteiger partial charge in [-0.25, -0.2) is 0 Å². The van der Waals surface area contributed by atoms with Gasteiger partial charge in [-0.3, -0.25) is 5.41 Å². The van der Waals surface area contributed by atoms with E-state index in [0.29, 0.717) is 5.71 Å². The van der Waals surface area contributed by atoms with Gasteiger partial charge in [-0.05, 0) is 114 Å². The van der Waals surface area contributed by atoms with Crippen LogP contribution in [0.1, 0.15) is 72.3 Å². The molecule has 0 spiro atoms. The Labute approximate surface area is 479 Å². The molecule has 12 aromatic rings. The fourth-order valence-electron chi connectivity index (χ4n) is 13.8. The van der Waals surface area contributed by atoms with Gasteiger partial charge < -0.3 is 10.2 Å². The van der Waals surface area contributed by atoms with Crippen molar-refractivity contribution in [2.45, 2.75) is 10.8 Å². The molecule has 3 aliphatic rings. The van der Waals surface area contributed by atoms with Crippen LogP contribution in [0.25, 0.3) is 45.3 Å². The summed E-state index contributed by atoms with van der Waals surface area (Å²) < 4.78 is 0. The first-order chi connectivity index (χ1) is 40.6. The Bertz CT molecular complexity index is 4380. The summed E-state index contributed by atoms with van der Waals surface area (Å²) in [4.78, 5) is 2.52. The minimum absolute atomic E-state index is 0.434. The van der Waals surface area contributed by atoms with Crippen molar-refractivity contribution in [2.75, 3.05) is 4.90 Å². The van der Waals surface area contributed by atoms with Gasteiger partial charge in [0.25, 0.3) is 0 Å². The normalized spacial score (nSPS) is 14.4. The summed E-state index contributed by atoms with van der Waals surface area (Å²) in [5.41, 5.74) is 24.4. The van der Waals surface area contributed by atoms with Crippen LogP contribution in [0.5, 0.6) is 0 Å². The Morgan fingerprint density at radius 2 is 0.780 bits per heavy atom. The van der Waals surface area contributed by atoms with E-state index in [1.54, 1.807) is 0 Å². The molecule has 0 radical (unpaired) electrons. The number of fused-ring (bicyclic) bond motifs is 7. The molecule has 0 amide bonds. The van der Waals surface area contributed by atoms with Crippen LogP contribution in [0.15, 0.2) is 315 Å². The predicted molar refractivity (Wildman–Crippen MR) is 340 cm³/mol. The van der Waals surface area contributed by atoms with Gasteiger partial charge in [0, 0.05) is 39.3 Å². The fraction of sp³-hybridized carbons (Fsp3) is 0.0253. The van der Waals surface area contributed by atoms with Crippen LogP contribution in [-0.2, 0) is 10.8 Å². The summed E-state index contributed by atoms with van der Waals surface area (Å²) in [6.07, 6.45) is 2.27. The average molecular weight is 1050 g/mol. The van der Waals surface area contributed by atoms with E-state index in [0.717, 1.165) is 61.8 Å². The second kappa shape index (κ2) is 19.9. The molecule has 386 valence electrons. The maximum Gasteiger partial charge on any atom is 0.0714 e. The lowest BCUT2D eigenvalue weighted by Gasteiger charge is -2.36. The second-order valence-corrected chi connectivity index (χ2v) is 21.5. The number of anilines is 3. The van der Waals surface area contributed by atoms with Crippen LogP contribution in [0.2, 0.25) is 0 Å². The van der Waals surface area contributed by atoms with Crippen LogP contribution in [0.3, 0.4) is 0 Å². The van der Waals surface area contributed by atoms with Crippen molar-refractivity contribution in [3.8, 4) is 22.3 Å². The van der Waals surface area contributed by atoms with Gasteiger partial charge in [0.1, 0.15) is 0 Å². The van der Waals surface area contributed by atoms with E-state index in [1.165, 1.54) is 66.8 Å². The number of allylic oxidation sites excluding steroid dienone is 1. The van der Waals surface area contributed by atoms with Crippen molar-refractivity contribution < 1.29 is 0 Å². The molecule has 0 unspecified atom stereocenters. The van der Waals surface area contributed by atoms with E-state index >= 15 is 0 Å². The van der Waals surface area contributed by atoms with Crippen molar-refractivity contribution in [3.63, 3.8) is 0 Å². The van der Waals surface area contributed by atoms with Gasteiger partial charge >= 0.3 is 0 Å². The first-order valence-electron chi connectivity index (χ1n) is 28.2. The van der Waals surface area contributed by atoms with Crippen LogP contribution in [0, 0.1) is 5.41 Å². The molecule has 1 heterocycles. The van der Waals surface area contributed by atoms with Crippen molar-refractivity contribution in [1.82, 2.24) is 5.32 Å². The van der Waals surface area contributed by atoms with Gasteiger partial charge in [-0.2, -0.15) is 0 Å². The van der Waals surface area contributed by atoms with E-state index in [9.17, 15) is 5.41 Å². The Balaban J connectivity index is 1.05. The molecule has 0 fully saturated rings. The zero-order valence-corrected chi connectivity index (χ0v) is 45.0. The predicted octanol–water partition coefficient (Wildman–Crippen LogP) is 18.9. The summed E-state index contributed by atoms with van der Waals surface area (Å²) in [5, 5.41) is 14.2. The lowest BCUT2D eigenvalue weighted by atomic mass is 9.67. The molecule has 12 aromatic carbocycles. The summed E-state index contributed by atoms with van der Waals surface area (Å²) in [5.74, 6) is 0. The monoisotopic (exact) mass is 1050 g/mol. The van der Waals surface area contributed by atoms with Crippen LogP contribution in [-0.4, -0.2) is 5.71 Å². The smallest absolute Gasteiger partial charge is 0.0714 e. The van der Waals surface area contributed by atoms with E-state index < -0.39 is 10.8 Å². The van der Waals surface area contributed by atoms with E-state index in [-0.39, 0.29) is 0 Å². The Hall–Kier alpha value is -10.6. The molecule has 0 aromatic heterocycles. The highest BCUT2D eigenvalue weighted by molar-refractivity contribution is 6.36. The topological polar surface area (TPSA) is 39.1 Å². The number of hydrogen-bond donors (Lipinski definition) is 2. The van der Waals surface area contributed by atoms with Gasteiger partial charge in [-0.1, -0.05) is 285 Å². The van der Waals surface area contributed by atoms with Crippen LogP contribution >= 0.6 is 0 Å². The molecular formula is C79H55N3. The molecule has 0 saturated heterocycles. The van der Waals surface area contributed by atoms with Crippen molar-refractivity contribution in [2.24, 2.45) is 0 Å². The number of nitrogens with one attached hydrogen (secondary N) is 2. The van der Waals surface area contributed by atoms with Crippen molar-refractivity contribution in [1.29, 1.82) is 5.41 Å². The first-order valence-corrected chi connectivity index (χ1v) is 28.2. The molecule has 82 heavy (non-hydrogen) atoms. The third kappa shape index (κ3) is 7.55. The highest BCUT2D eigenvalue weighted by atomic mass is 15.1. The number of rotatable bonds is 11. The maximum atomic E-state index is 10.2. The summed E-state index contributed by atoms with van der Waals surface area (Å²) in [6.45, 7) is 0. The minimum atomic E-state index is -0.631.